The Labute approximate surface area is 244 Å². The maximum atomic E-state index is 14.5. The van der Waals surface area contributed by atoms with Gasteiger partial charge in [-0.3, -0.25) is 9.78 Å². The van der Waals surface area contributed by atoms with Gasteiger partial charge in [-0.05, 0) is 48.1 Å². The average Bonchev–Trinajstić information content (AvgIpc) is 3.28. The summed E-state index contributed by atoms with van der Waals surface area (Å²) in [5.74, 6) is 0.106. The Hall–Kier alpha value is -3.44. The molecule has 3 nitrogen and oxygen atoms in total. The zero-order valence-electron chi connectivity index (χ0n) is 22.0. The van der Waals surface area contributed by atoms with Crippen molar-refractivity contribution in [1.29, 1.82) is 0 Å². The topological polar surface area (TPSA) is 50.2 Å². The minimum Gasteiger partial charge on any atom is -0.512 e. The summed E-state index contributed by atoms with van der Waals surface area (Å²) in [7, 11) is 0. The Morgan fingerprint density at radius 3 is 2.38 bits per heavy atom. The number of nitrogens with zero attached hydrogens (tertiary/aromatic N) is 1. The molecule has 2 aromatic heterocycles. The standard InChI is InChI=1S/C28H19FNS.C5H8O2.Ir/c1-16(2)23-15-19(14-18-11-10-17-6-3-4-7-20(17)25(18)23)26-28-22(12-13-30-26)21-8-5-9-24(29)27(21)31-28;1-4(6)3-5(2)7;/h3-13,15-16H,1-2H3;3,6H,1-2H3;/q-1;;/b;4-3-;. The van der Waals surface area contributed by atoms with Crippen LogP contribution in [-0.2, 0) is 24.9 Å². The second kappa shape index (κ2) is 11.7. The molecule has 1 radical (unpaired) electrons. The summed E-state index contributed by atoms with van der Waals surface area (Å²) in [5.41, 5.74) is 3.12. The Morgan fingerprint density at radius 1 is 0.974 bits per heavy atom. The Morgan fingerprint density at radius 2 is 1.69 bits per heavy atom. The minimum atomic E-state index is -0.179. The fourth-order valence-corrected chi connectivity index (χ4v) is 6.06. The van der Waals surface area contributed by atoms with Crippen LogP contribution in [0.15, 0.2) is 84.8 Å². The molecule has 0 spiro atoms. The normalized spacial score (nSPS) is 11.6. The molecule has 0 atom stereocenters. The minimum absolute atomic E-state index is 0. The number of aliphatic hydroxyl groups is 1. The fourth-order valence-electron chi connectivity index (χ4n) is 4.85. The molecular weight excluding hydrogens is 686 g/mol. The number of benzene rings is 4. The third-order valence-electron chi connectivity index (χ3n) is 6.44. The molecule has 0 fully saturated rings. The summed E-state index contributed by atoms with van der Waals surface area (Å²) >= 11 is 1.47. The van der Waals surface area contributed by atoms with Crippen LogP contribution in [0.25, 0.3) is 53.0 Å². The number of carbonyl (C=O) groups excluding carboxylic acids is 1. The second-order valence-electron chi connectivity index (χ2n) is 9.65. The van der Waals surface area contributed by atoms with Crippen molar-refractivity contribution in [2.24, 2.45) is 0 Å². The van der Waals surface area contributed by atoms with E-state index in [1.54, 1.807) is 6.07 Å². The molecule has 0 saturated carbocycles. The molecule has 0 bridgehead atoms. The quantitative estimate of drug-likeness (QED) is 0.0861. The van der Waals surface area contributed by atoms with Crippen molar-refractivity contribution in [3.63, 3.8) is 0 Å². The summed E-state index contributed by atoms with van der Waals surface area (Å²) in [6, 6.07) is 25.9. The van der Waals surface area contributed by atoms with E-state index in [2.05, 4.69) is 62.4 Å². The number of halogens is 1. The number of rotatable bonds is 3. The largest absolute Gasteiger partial charge is 0.512 e. The van der Waals surface area contributed by atoms with E-state index < -0.39 is 0 Å². The summed E-state index contributed by atoms with van der Waals surface area (Å²) in [4.78, 5) is 14.7. The van der Waals surface area contributed by atoms with E-state index in [1.807, 2.05) is 18.3 Å². The fraction of sp³-hybridized carbons (Fsp3) is 0.152. The van der Waals surface area contributed by atoms with Gasteiger partial charge in [-0.15, -0.1) is 40.5 Å². The smallest absolute Gasteiger partial charge is 0.155 e. The third kappa shape index (κ3) is 5.65. The first-order chi connectivity index (χ1) is 18.2. The Kier molecular flexibility index (Phi) is 8.60. The van der Waals surface area contributed by atoms with Crippen molar-refractivity contribution in [2.45, 2.75) is 33.6 Å². The van der Waals surface area contributed by atoms with E-state index in [9.17, 15) is 9.18 Å². The third-order valence-corrected chi connectivity index (χ3v) is 7.68. The molecule has 1 N–H and O–H groups in total. The van der Waals surface area contributed by atoms with Crippen LogP contribution in [0.1, 0.15) is 39.2 Å². The van der Waals surface area contributed by atoms with Gasteiger partial charge in [0.05, 0.1) is 10.5 Å². The van der Waals surface area contributed by atoms with Crippen LogP contribution in [0.3, 0.4) is 0 Å². The van der Waals surface area contributed by atoms with Gasteiger partial charge >= 0.3 is 0 Å². The summed E-state index contributed by atoms with van der Waals surface area (Å²) < 4.78 is 16.2. The number of thiophene rings is 1. The van der Waals surface area contributed by atoms with E-state index in [4.69, 9.17) is 10.1 Å². The maximum absolute atomic E-state index is 14.5. The molecule has 4 aromatic carbocycles. The summed E-state index contributed by atoms with van der Waals surface area (Å²) in [5, 5.41) is 15.2. The van der Waals surface area contributed by atoms with Gasteiger partial charge in [0.1, 0.15) is 5.82 Å². The molecule has 2 heterocycles. The monoisotopic (exact) mass is 713 g/mol. The van der Waals surface area contributed by atoms with Crippen LogP contribution in [0.2, 0.25) is 0 Å². The van der Waals surface area contributed by atoms with E-state index in [-0.39, 0.29) is 37.5 Å². The van der Waals surface area contributed by atoms with E-state index in [0.29, 0.717) is 10.6 Å². The molecular formula is C33H27FIrNO2S-. The predicted molar refractivity (Wildman–Crippen MR) is 158 cm³/mol. The van der Waals surface area contributed by atoms with Gasteiger partial charge in [0.2, 0.25) is 0 Å². The number of ketones is 1. The zero-order chi connectivity index (χ0) is 27.0. The van der Waals surface area contributed by atoms with E-state index in [0.717, 1.165) is 32.1 Å². The molecule has 0 aliphatic heterocycles. The molecule has 0 saturated heterocycles. The summed E-state index contributed by atoms with van der Waals surface area (Å²) in [6.07, 6.45) is 2.99. The predicted octanol–water partition coefficient (Wildman–Crippen LogP) is 9.52. The van der Waals surface area contributed by atoms with Gasteiger partial charge in [-0.2, -0.15) is 0 Å². The van der Waals surface area contributed by atoms with Crippen LogP contribution in [-0.4, -0.2) is 15.9 Å². The molecule has 0 amide bonds. The van der Waals surface area contributed by atoms with Crippen LogP contribution in [0, 0.1) is 11.9 Å². The number of hydrogen-bond donors (Lipinski definition) is 1. The van der Waals surface area contributed by atoms with E-state index >= 15 is 0 Å². The molecule has 0 unspecified atom stereocenters. The molecule has 6 rings (SSSR count). The Balaban J connectivity index is 0.000000394. The van der Waals surface area contributed by atoms with Crippen molar-refractivity contribution >= 4 is 58.8 Å². The number of hydrogen-bond acceptors (Lipinski definition) is 4. The van der Waals surface area contributed by atoms with Crippen molar-refractivity contribution in [3.8, 4) is 11.3 Å². The number of aliphatic hydroxyl groups excluding tert-OH is 1. The van der Waals surface area contributed by atoms with Crippen LogP contribution in [0.4, 0.5) is 4.39 Å². The summed E-state index contributed by atoms with van der Waals surface area (Å²) in [6.45, 7) is 7.30. The molecule has 6 aromatic rings. The number of fused-ring (bicyclic) bond motifs is 6. The second-order valence-corrected chi connectivity index (χ2v) is 10.7. The van der Waals surface area contributed by atoms with E-state index in [1.165, 1.54) is 59.0 Å². The molecule has 0 aliphatic carbocycles. The van der Waals surface area contributed by atoms with Crippen LogP contribution in [0.5, 0.6) is 0 Å². The van der Waals surface area contributed by atoms with Crippen molar-refractivity contribution in [2.75, 3.05) is 0 Å². The number of aromatic nitrogens is 1. The number of allylic oxidation sites excluding steroid dienone is 2. The van der Waals surface area contributed by atoms with Crippen LogP contribution < -0.4 is 0 Å². The van der Waals surface area contributed by atoms with Gasteiger partial charge in [0, 0.05) is 48.2 Å². The first-order valence-corrected chi connectivity index (χ1v) is 13.3. The average molecular weight is 713 g/mol. The van der Waals surface area contributed by atoms with Crippen molar-refractivity contribution in [3.05, 3.63) is 102 Å². The maximum Gasteiger partial charge on any atom is 0.155 e. The van der Waals surface area contributed by atoms with Crippen LogP contribution >= 0.6 is 11.3 Å². The SMILES string of the molecule is CC(=O)/C=C(/C)O.CC(C)c1cc(-c2nccc3c2sc2c(F)cccc23)[c-]c2ccc3ccccc3c12.[Ir]. The van der Waals surface area contributed by atoms with Gasteiger partial charge in [0.15, 0.2) is 5.78 Å². The molecule has 39 heavy (non-hydrogen) atoms. The van der Waals surface area contributed by atoms with Crippen molar-refractivity contribution < 1.29 is 34.4 Å². The molecule has 6 heteroatoms. The Bertz CT molecular complexity index is 1870. The first kappa shape index (κ1) is 28.6. The van der Waals surface area contributed by atoms with Gasteiger partial charge in [-0.25, -0.2) is 4.39 Å². The number of carbonyl (C=O) groups is 1. The number of pyridine rings is 1. The van der Waals surface area contributed by atoms with Gasteiger partial charge < -0.3 is 5.11 Å². The van der Waals surface area contributed by atoms with Crippen molar-refractivity contribution in [1.82, 2.24) is 4.98 Å². The zero-order valence-corrected chi connectivity index (χ0v) is 25.2. The molecule has 0 aliphatic rings. The molecule has 199 valence electrons. The van der Waals surface area contributed by atoms with Gasteiger partial charge in [-0.1, -0.05) is 67.3 Å². The van der Waals surface area contributed by atoms with Gasteiger partial charge in [0.25, 0.3) is 0 Å². The first-order valence-electron chi connectivity index (χ1n) is 12.5.